The highest BCUT2D eigenvalue weighted by molar-refractivity contribution is 6.07. The number of carbonyl (C=O) groups excluding carboxylic acids is 1. The minimum absolute atomic E-state index is 0.0987. The molecule has 0 spiro atoms. The molecule has 2 atom stereocenters. The maximum atomic E-state index is 12.6. The standard InChI is InChI=1S/C20H22F3N3O2/c21-20(22,23)14-7-9-15(10-8-14)26-19(28)16-5-3-11-24-18(16)25-12-13-4-1-2-6-17(13)27/h3,5,7-11,13,17,27H,1-2,4,6,12H2,(H,24,25)(H,26,28)/t13-,17+/m0/s1. The third-order valence-electron chi connectivity index (χ3n) is 4.92. The predicted molar refractivity (Wildman–Crippen MR) is 100 cm³/mol. The number of halogens is 3. The molecule has 0 unspecified atom stereocenters. The van der Waals surface area contributed by atoms with Crippen molar-refractivity contribution in [2.45, 2.75) is 38.0 Å². The normalized spacial score (nSPS) is 19.9. The molecule has 1 saturated carbocycles. The van der Waals surface area contributed by atoms with Crippen LogP contribution in [0.25, 0.3) is 0 Å². The summed E-state index contributed by atoms with van der Waals surface area (Å²) in [6, 6.07) is 7.46. The summed E-state index contributed by atoms with van der Waals surface area (Å²) in [5, 5.41) is 15.8. The first-order valence-corrected chi connectivity index (χ1v) is 9.20. The van der Waals surface area contributed by atoms with Crippen molar-refractivity contribution < 1.29 is 23.1 Å². The number of benzene rings is 1. The molecule has 0 radical (unpaired) electrons. The van der Waals surface area contributed by atoms with Crippen LogP contribution in [0.4, 0.5) is 24.7 Å². The van der Waals surface area contributed by atoms with Crippen molar-refractivity contribution in [3.05, 3.63) is 53.7 Å². The zero-order valence-electron chi connectivity index (χ0n) is 15.2. The van der Waals surface area contributed by atoms with Crippen LogP contribution in [0.2, 0.25) is 0 Å². The van der Waals surface area contributed by atoms with Gasteiger partial charge in [-0.05, 0) is 49.2 Å². The molecule has 1 aromatic carbocycles. The summed E-state index contributed by atoms with van der Waals surface area (Å²) in [7, 11) is 0. The van der Waals surface area contributed by atoms with E-state index in [1.165, 1.54) is 12.1 Å². The maximum Gasteiger partial charge on any atom is 0.416 e. The SMILES string of the molecule is O=C(Nc1ccc(C(F)(F)F)cc1)c1cccnc1NC[C@@H]1CCCC[C@H]1O. The summed E-state index contributed by atoms with van der Waals surface area (Å²) >= 11 is 0. The van der Waals surface area contributed by atoms with Gasteiger partial charge in [0.15, 0.2) is 0 Å². The largest absolute Gasteiger partial charge is 0.416 e. The zero-order valence-corrected chi connectivity index (χ0v) is 15.2. The summed E-state index contributed by atoms with van der Waals surface area (Å²) in [6.45, 7) is 0.499. The lowest BCUT2D eigenvalue weighted by Crippen LogP contribution is -2.31. The second kappa shape index (κ2) is 8.60. The van der Waals surface area contributed by atoms with Gasteiger partial charge in [0, 0.05) is 24.3 Å². The van der Waals surface area contributed by atoms with Crippen LogP contribution in [-0.2, 0) is 6.18 Å². The average molecular weight is 393 g/mol. The molecule has 0 aliphatic heterocycles. The zero-order chi connectivity index (χ0) is 20.1. The van der Waals surface area contributed by atoms with E-state index in [4.69, 9.17) is 0 Å². The van der Waals surface area contributed by atoms with Crippen molar-refractivity contribution in [3.63, 3.8) is 0 Å². The van der Waals surface area contributed by atoms with E-state index in [0.29, 0.717) is 12.4 Å². The van der Waals surface area contributed by atoms with Gasteiger partial charge in [0.25, 0.3) is 5.91 Å². The number of carbonyl (C=O) groups is 1. The number of aliphatic hydroxyl groups excluding tert-OH is 1. The first-order chi connectivity index (χ1) is 13.3. The molecule has 1 fully saturated rings. The number of aliphatic hydroxyl groups is 1. The van der Waals surface area contributed by atoms with Crippen LogP contribution in [0.15, 0.2) is 42.6 Å². The quantitative estimate of drug-likeness (QED) is 0.708. The number of hydrogen-bond donors (Lipinski definition) is 3. The molecule has 150 valence electrons. The maximum absolute atomic E-state index is 12.6. The van der Waals surface area contributed by atoms with E-state index < -0.39 is 17.6 Å². The lowest BCUT2D eigenvalue weighted by Gasteiger charge is -2.28. The minimum Gasteiger partial charge on any atom is -0.393 e. The Kier molecular flexibility index (Phi) is 6.18. The van der Waals surface area contributed by atoms with E-state index in [0.717, 1.165) is 37.8 Å². The predicted octanol–water partition coefficient (Wildman–Crippen LogP) is 4.32. The minimum atomic E-state index is -4.42. The van der Waals surface area contributed by atoms with Crippen LogP contribution in [0.5, 0.6) is 0 Å². The number of nitrogens with zero attached hydrogens (tertiary/aromatic N) is 1. The van der Waals surface area contributed by atoms with Crippen LogP contribution >= 0.6 is 0 Å². The van der Waals surface area contributed by atoms with Gasteiger partial charge in [-0.3, -0.25) is 4.79 Å². The van der Waals surface area contributed by atoms with E-state index in [2.05, 4.69) is 15.6 Å². The van der Waals surface area contributed by atoms with E-state index in [9.17, 15) is 23.1 Å². The number of pyridine rings is 1. The van der Waals surface area contributed by atoms with Crippen LogP contribution < -0.4 is 10.6 Å². The van der Waals surface area contributed by atoms with Gasteiger partial charge in [0.2, 0.25) is 0 Å². The summed E-state index contributed by atoms with van der Waals surface area (Å²) in [5.74, 6) is 0.00539. The molecule has 3 N–H and O–H groups in total. The fourth-order valence-corrected chi connectivity index (χ4v) is 3.32. The molecular weight excluding hydrogens is 371 g/mol. The van der Waals surface area contributed by atoms with Crippen LogP contribution in [0.1, 0.15) is 41.6 Å². The Bertz CT molecular complexity index is 809. The lowest BCUT2D eigenvalue weighted by molar-refractivity contribution is -0.137. The van der Waals surface area contributed by atoms with Gasteiger partial charge in [0.05, 0.1) is 17.2 Å². The van der Waals surface area contributed by atoms with Gasteiger partial charge in [-0.25, -0.2) is 4.98 Å². The van der Waals surface area contributed by atoms with Crippen molar-refractivity contribution >= 4 is 17.4 Å². The number of anilines is 2. The van der Waals surface area contributed by atoms with Crippen LogP contribution in [0, 0.1) is 5.92 Å². The van der Waals surface area contributed by atoms with E-state index in [1.807, 2.05) is 0 Å². The first-order valence-electron chi connectivity index (χ1n) is 9.20. The smallest absolute Gasteiger partial charge is 0.393 e. The molecule has 1 aliphatic carbocycles. The van der Waals surface area contributed by atoms with Crippen LogP contribution in [-0.4, -0.2) is 28.6 Å². The van der Waals surface area contributed by atoms with Gasteiger partial charge in [-0.2, -0.15) is 13.2 Å². The number of amides is 1. The number of rotatable bonds is 5. The molecule has 1 aliphatic rings. The van der Waals surface area contributed by atoms with Gasteiger partial charge in [0.1, 0.15) is 5.82 Å². The first kappa shape index (κ1) is 20.1. The lowest BCUT2D eigenvalue weighted by atomic mass is 9.86. The third-order valence-corrected chi connectivity index (χ3v) is 4.92. The third kappa shape index (κ3) is 5.01. The van der Waals surface area contributed by atoms with Gasteiger partial charge in [-0.15, -0.1) is 0 Å². The second-order valence-electron chi connectivity index (χ2n) is 6.92. The molecule has 1 amide bonds. The average Bonchev–Trinajstić information content (AvgIpc) is 2.67. The number of aromatic nitrogens is 1. The summed E-state index contributed by atoms with van der Waals surface area (Å²) in [5.41, 5.74) is -0.233. The molecule has 1 aromatic heterocycles. The fraction of sp³-hybridized carbons (Fsp3) is 0.400. The monoisotopic (exact) mass is 393 g/mol. The fourth-order valence-electron chi connectivity index (χ4n) is 3.32. The van der Waals surface area contributed by atoms with Gasteiger partial charge in [-0.1, -0.05) is 12.8 Å². The molecule has 8 heteroatoms. The van der Waals surface area contributed by atoms with E-state index >= 15 is 0 Å². The van der Waals surface area contributed by atoms with Crippen molar-refractivity contribution in [1.82, 2.24) is 4.98 Å². The number of hydrogen-bond acceptors (Lipinski definition) is 4. The molecular formula is C20H22F3N3O2. The summed E-state index contributed by atoms with van der Waals surface area (Å²) in [6.07, 6.45) is 0.523. The van der Waals surface area contributed by atoms with Gasteiger partial charge < -0.3 is 15.7 Å². The highest BCUT2D eigenvalue weighted by atomic mass is 19.4. The number of alkyl halides is 3. The summed E-state index contributed by atoms with van der Waals surface area (Å²) < 4.78 is 37.9. The molecule has 2 aromatic rings. The van der Waals surface area contributed by atoms with Crippen molar-refractivity contribution in [2.75, 3.05) is 17.2 Å². The second-order valence-corrected chi connectivity index (χ2v) is 6.92. The number of nitrogens with one attached hydrogen (secondary N) is 2. The topological polar surface area (TPSA) is 74.2 Å². The Morgan fingerprint density at radius 3 is 2.54 bits per heavy atom. The molecule has 28 heavy (non-hydrogen) atoms. The van der Waals surface area contributed by atoms with Gasteiger partial charge >= 0.3 is 6.18 Å². The Labute approximate surface area is 161 Å². The van der Waals surface area contributed by atoms with E-state index in [-0.39, 0.29) is 23.3 Å². The van der Waals surface area contributed by atoms with Crippen molar-refractivity contribution in [2.24, 2.45) is 5.92 Å². The highest BCUT2D eigenvalue weighted by Gasteiger charge is 2.30. The Hall–Kier alpha value is -2.61. The van der Waals surface area contributed by atoms with E-state index in [1.54, 1.807) is 18.3 Å². The highest BCUT2D eigenvalue weighted by Crippen LogP contribution is 2.30. The molecule has 5 nitrogen and oxygen atoms in total. The van der Waals surface area contributed by atoms with Crippen molar-refractivity contribution in [1.29, 1.82) is 0 Å². The van der Waals surface area contributed by atoms with Crippen LogP contribution in [0.3, 0.4) is 0 Å². The Morgan fingerprint density at radius 2 is 1.86 bits per heavy atom. The summed E-state index contributed by atoms with van der Waals surface area (Å²) in [4.78, 5) is 16.8. The molecule has 1 heterocycles. The molecule has 0 bridgehead atoms. The Balaban J connectivity index is 1.67. The Morgan fingerprint density at radius 1 is 1.14 bits per heavy atom. The molecule has 0 saturated heterocycles. The van der Waals surface area contributed by atoms with Crippen molar-refractivity contribution in [3.8, 4) is 0 Å². The molecule has 3 rings (SSSR count).